The Balaban J connectivity index is 1.37. The Bertz CT molecular complexity index is 952. The van der Waals surface area contributed by atoms with Crippen molar-refractivity contribution < 1.29 is 14.3 Å². The van der Waals surface area contributed by atoms with Crippen molar-refractivity contribution >= 4 is 23.7 Å². The largest absolute Gasteiger partial charge is 0.348 e. The van der Waals surface area contributed by atoms with Crippen molar-refractivity contribution in [1.82, 2.24) is 10.3 Å². The predicted molar refractivity (Wildman–Crippen MR) is 116 cm³/mol. The topological polar surface area (TPSA) is 71.6 Å². The molecule has 4 unspecified atom stereocenters. The molecule has 2 aromatic rings. The van der Waals surface area contributed by atoms with Gasteiger partial charge in [-0.15, -0.1) is 0 Å². The van der Waals surface area contributed by atoms with E-state index in [-0.39, 0.29) is 24.0 Å². The van der Waals surface area contributed by atoms with E-state index in [0.29, 0.717) is 18.0 Å². The molecule has 0 bridgehead atoms. The number of benzene rings is 1. The zero-order valence-electron chi connectivity index (χ0n) is 17.6. The lowest BCUT2D eigenvalue weighted by Crippen LogP contribution is -2.34. The highest BCUT2D eigenvalue weighted by molar-refractivity contribution is 6.29. The number of epoxide rings is 1. The lowest BCUT2D eigenvalue weighted by molar-refractivity contribution is -0.127. The molecule has 0 radical (unpaired) electrons. The summed E-state index contributed by atoms with van der Waals surface area (Å²) in [6, 6.07) is 7.80. The fourth-order valence-corrected chi connectivity index (χ4v) is 5.21. The second kappa shape index (κ2) is 8.22. The van der Waals surface area contributed by atoms with Crippen LogP contribution < -0.4 is 5.32 Å². The van der Waals surface area contributed by atoms with Crippen LogP contribution in [0, 0.1) is 26.7 Å². The van der Waals surface area contributed by atoms with Crippen LogP contribution >= 0.6 is 11.6 Å². The molecule has 2 heterocycles. The number of aryl methyl sites for hydroxylation is 3. The molecular weight excluding hydrogens is 400 g/mol. The molecule has 5 nitrogen and oxygen atoms in total. The fraction of sp³-hybridized carbons (Fsp3) is 0.458. The van der Waals surface area contributed by atoms with Gasteiger partial charge in [0.2, 0.25) is 0 Å². The number of nitrogens with zero attached hydrogens (tertiary/aromatic N) is 1. The molecule has 30 heavy (non-hydrogen) atoms. The fourth-order valence-electron chi connectivity index (χ4n) is 5.09. The molecule has 1 N–H and O–H groups in total. The van der Waals surface area contributed by atoms with Gasteiger partial charge in [0, 0.05) is 18.2 Å². The molecule has 0 spiro atoms. The van der Waals surface area contributed by atoms with Crippen molar-refractivity contribution in [1.29, 1.82) is 0 Å². The third-order valence-corrected chi connectivity index (χ3v) is 6.60. The zero-order chi connectivity index (χ0) is 21.5. The quantitative estimate of drug-likeness (QED) is 0.311. The van der Waals surface area contributed by atoms with E-state index in [0.717, 1.165) is 47.1 Å². The Hall–Kier alpha value is -2.08. The molecule has 1 saturated heterocycles. The van der Waals surface area contributed by atoms with E-state index in [9.17, 15) is 9.59 Å². The third kappa shape index (κ3) is 3.94. The molecule has 1 aromatic carbocycles. The minimum absolute atomic E-state index is 0.00750. The summed E-state index contributed by atoms with van der Waals surface area (Å²) in [7, 11) is 0. The van der Waals surface area contributed by atoms with Crippen LogP contribution in [0.4, 0.5) is 0 Å². The summed E-state index contributed by atoms with van der Waals surface area (Å²) in [5.41, 5.74) is 4.11. The molecule has 1 aliphatic carbocycles. The Labute approximate surface area is 182 Å². The number of hydrogen-bond donors (Lipinski definition) is 1. The number of ether oxygens (including phenoxy) is 1. The molecule has 4 atom stereocenters. The van der Waals surface area contributed by atoms with Crippen LogP contribution in [-0.2, 0) is 19.7 Å². The summed E-state index contributed by atoms with van der Waals surface area (Å²) in [6.07, 6.45) is 4.43. The highest BCUT2D eigenvalue weighted by Crippen LogP contribution is 2.44. The maximum Gasteiger partial charge on any atom is 0.150 e. The average Bonchev–Trinajstić information content (AvgIpc) is 3.38. The van der Waals surface area contributed by atoms with Crippen LogP contribution in [0.1, 0.15) is 53.2 Å². The summed E-state index contributed by atoms with van der Waals surface area (Å²) in [5.74, 6) is 0.232. The minimum atomic E-state index is -1.000. The average molecular weight is 427 g/mol. The van der Waals surface area contributed by atoms with Crippen LogP contribution in [0.25, 0.3) is 0 Å². The summed E-state index contributed by atoms with van der Waals surface area (Å²) in [4.78, 5) is 29.3. The van der Waals surface area contributed by atoms with E-state index in [1.165, 1.54) is 0 Å². The Morgan fingerprint density at radius 1 is 1.27 bits per heavy atom. The van der Waals surface area contributed by atoms with Crippen molar-refractivity contribution in [3.8, 4) is 0 Å². The summed E-state index contributed by atoms with van der Waals surface area (Å²) < 4.78 is 5.69. The van der Waals surface area contributed by atoms with Gasteiger partial charge in [-0.05, 0) is 68.8 Å². The number of aromatic nitrogens is 1. The summed E-state index contributed by atoms with van der Waals surface area (Å²) in [5, 5.41) is 3.86. The molecule has 2 fully saturated rings. The van der Waals surface area contributed by atoms with Crippen molar-refractivity contribution in [2.24, 2.45) is 5.92 Å². The van der Waals surface area contributed by atoms with Gasteiger partial charge < -0.3 is 9.53 Å². The van der Waals surface area contributed by atoms with Crippen molar-refractivity contribution in [2.75, 3.05) is 6.54 Å². The lowest BCUT2D eigenvalue weighted by Gasteiger charge is -2.26. The van der Waals surface area contributed by atoms with Gasteiger partial charge in [-0.2, -0.15) is 0 Å². The van der Waals surface area contributed by atoms with Crippen LogP contribution in [0.2, 0.25) is 5.15 Å². The van der Waals surface area contributed by atoms with E-state index < -0.39 is 5.41 Å². The maximum atomic E-state index is 13.0. The predicted octanol–water partition coefficient (Wildman–Crippen LogP) is 4.15. The maximum absolute atomic E-state index is 13.0. The van der Waals surface area contributed by atoms with E-state index in [1.54, 1.807) is 12.3 Å². The van der Waals surface area contributed by atoms with E-state index >= 15 is 0 Å². The number of pyridine rings is 1. The van der Waals surface area contributed by atoms with Gasteiger partial charge in [0.25, 0.3) is 0 Å². The summed E-state index contributed by atoms with van der Waals surface area (Å²) >= 11 is 5.83. The first kappa shape index (κ1) is 21.2. The van der Waals surface area contributed by atoms with Crippen molar-refractivity contribution in [2.45, 2.75) is 57.8 Å². The number of nitrogens with one attached hydrogen (secondary N) is 1. The monoisotopic (exact) mass is 426 g/mol. The summed E-state index contributed by atoms with van der Waals surface area (Å²) in [6.45, 7) is 6.77. The highest BCUT2D eigenvalue weighted by Gasteiger charge is 2.49. The van der Waals surface area contributed by atoms with Gasteiger partial charge in [0.15, 0.2) is 5.78 Å². The van der Waals surface area contributed by atoms with Crippen LogP contribution in [0.5, 0.6) is 0 Å². The van der Waals surface area contributed by atoms with Gasteiger partial charge in [0.1, 0.15) is 29.2 Å². The number of ketones is 1. The Kier molecular flexibility index (Phi) is 5.80. The first-order valence-electron chi connectivity index (χ1n) is 10.4. The molecule has 2 aliphatic rings. The molecular formula is C24H27ClN2O3. The smallest absolute Gasteiger partial charge is 0.150 e. The van der Waals surface area contributed by atoms with Crippen LogP contribution in [0.15, 0.2) is 30.5 Å². The van der Waals surface area contributed by atoms with Crippen molar-refractivity contribution in [3.63, 3.8) is 0 Å². The van der Waals surface area contributed by atoms with Gasteiger partial charge >= 0.3 is 0 Å². The molecule has 158 valence electrons. The second-order valence-electron chi connectivity index (χ2n) is 8.69. The van der Waals surface area contributed by atoms with E-state index in [2.05, 4.69) is 22.4 Å². The standard InChI is InChI=1S/C24H27ClN2O3/c1-14-8-15(2)21(16(3)9-14)24(13-28)11-17(10-19(24)29)6-7-26-23-22(30-23)18-4-5-20(25)27-12-18/h4-5,8-9,12-13,17,22-23,26H,6-7,10-11H2,1-3H3. The number of rotatable bonds is 7. The third-order valence-electron chi connectivity index (χ3n) is 6.38. The van der Waals surface area contributed by atoms with E-state index in [1.807, 2.05) is 26.8 Å². The number of Topliss-reactive ketones (excluding diaryl/α,β-unsaturated/α-hetero) is 1. The molecule has 4 rings (SSSR count). The number of carbonyl (C=O) groups excluding carboxylic acids is 2. The molecule has 1 aliphatic heterocycles. The van der Waals surface area contributed by atoms with Gasteiger partial charge in [-0.3, -0.25) is 10.1 Å². The molecule has 1 aromatic heterocycles. The normalized spacial score (nSPS) is 28.0. The number of aldehydes is 1. The molecule has 1 saturated carbocycles. The van der Waals surface area contributed by atoms with Crippen LogP contribution in [-0.4, -0.2) is 29.8 Å². The SMILES string of the molecule is Cc1cc(C)c(C2(C=O)CC(CCNC3OC3c3ccc(Cl)nc3)CC2=O)c(C)c1. The highest BCUT2D eigenvalue weighted by atomic mass is 35.5. The number of carbonyl (C=O) groups is 2. The minimum Gasteiger partial charge on any atom is -0.348 e. The van der Waals surface area contributed by atoms with Gasteiger partial charge in [0.05, 0.1) is 0 Å². The van der Waals surface area contributed by atoms with Gasteiger partial charge in [-0.1, -0.05) is 35.4 Å². The number of halogens is 1. The van der Waals surface area contributed by atoms with Crippen molar-refractivity contribution in [3.05, 3.63) is 63.4 Å². The first-order valence-corrected chi connectivity index (χ1v) is 10.8. The lowest BCUT2D eigenvalue weighted by atomic mass is 9.74. The Morgan fingerprint density at radius 3 is 2.63 bits per heavy atom. The van der Waals surface area contributed by atoms with Gasteiger partial charge in [-0.25, -0.2) is 4.98 Å². The zero-order valence-corrected chi connectivity index (χ0v) is 18.3. The van der Waals surface area contributed by atoms with Crippen LogP contribution in [0.3, 0.4) is 0 Å². The number of hydrogen-bond acceptors (Lipinski definition) is 5. The first-order chi connectivity index (χ1) is 14.3. The second-order valence-corrected chi connectivity index (χ2v) is 9.08. The van der Waals surface area contributed by atoms with E-state index in [4.69, 9.17) is 16.3 Å². The Morgan fingerprint density at radius 2 is 2.00 bits per heavy atom. The molecule has 6 heteroatoms. The molecule has 0 amide bonds.